The van der Waals surface area contributed by atoms with Crippen LogP contribution in [0.5, 0.6) is 0 Å². The van der Waals surface area contributed by atoms with Crippen molar-refractivity contribution in [1.82, 2.24) is 0 Å². The van der Waals surface area contributed by atoms with Crippen LogP contribution in [0.4, 0.5) is 0 Å². The number of benzene rings is 1. The Morgan fingerprint density at radius 3 is 1.50 bits per heavy atom. The molecular weight excluding hydrogens is 419 g/mol. The molecule has 2 N–H and O–H groups in total. The predicted octanol–water partition coefficient (Wildman–Crippen LogP) is 4.96. The quantitative estimate of drug-likeness (QED) is 0.630. The van der Waals surface area contributed by atoms with Crippen LogP contribution in [0, 0.1) is 36.2 Å². The maximum atomic E-state index is 9.98. The molecule has 134 valence electrons. The van der Waals surface area contributed by atoms with Crippen LogP contribution in [0.2, 0.25) is 0 Å². The molecule has 0 amide bonds. The topological polar surface area (TPSA) is 74.6 Å². The molecule has 0 bridgehead atoms. The number of aryl methyl sites for hydroxylation is 1. The standard InChI is InChI=1S/C9H11I.2C5H8O2/c1-6-4-5-9(10)8(3)7(6)2;2*6-5(7)4-2-1-3-4/h4-5H,1-3H3;2*4H,1-3H2,(H,6,7). The number of hydrogen-bond acceptors (Lipinski definition) is 2. The van der Waals surface area contributed by atoms with E-state index >= 15 is 0 Å². The highest BCUT2D eigenvalue weighted by molar-refractivity contribution is 14.1. The van der Waals surface area contributed by atoms with Gasteiger partial charge in [-0.15, -0.1) is 0 Å². The predicted molar refractivity (Wildman–Crippen MR) is 103 cm³/mol. The maximum absolute atomic E-state index is 9.98. The Bertz CT molecular complexity index is 524. The first-order valence-corrected chi connectivity index (χ1v) is 9.49. The lowest BCUT2D eigenvalue weighted by atomic mass is 9.86. The Balaban J connectivity index is 0.000000185. The minimum Gasteiger partial charge on any atom is -0.481 e. The molecule has 1 aromatic rings. The van der Waals surface area contributed by atoms with Crippen LogP contribution in [0.15, 0.2) is 12.1 Å². The van der Waals surface area contributed by atoms with Crippen molar-refractivity contribution in [2.45, 2.75) is 59.3 Å². The molecule has 2 saturated carbocycles. The monoisotopic (exact) mass is 446 g/mol. The number of carboxylic acids is 2. The van der Waals surface area contributed by atoms with Crippen molar-refractivity contribution in [3.8, 4) is 0 Å². The summed E-state index contributed by atoms with van der Waals surface area (Å²) < 4.78 is 1.36. The van der Waals surface area contributed by atoms with E-state index in [9.17, 15) is 9.59 Å². The van der Waals surface area contributed by atoms with Crippen molar-refractivity contribution >= 4 is 34.5 Å². The van der Waals surface area contributed by atoms with E-state index in [0.29, 0.717) is 0 Å². The third kappa shape index (κ3) is 6.42. The molecular formula is C19H27IO4. The van der Waals surface area contributed by atoms with Crippen molar-refractivity contribution in [1.29, 1.82) is 0 Å². The highest BCUT2D eigenvalue weighted by Gasteiger charge is 2.24. The third-order valence-corrected chi connectivity index (χ3v) is 6.07. The van der Waals surface area contributed by atoms with E-state index in [0.717, 1.165) is 38.5 Å². The van der Waals surface area contributed by atoms with Gasteiger partial charge < -0.3 is 10.2 Å². The van der Waals surface area contributed by atoms with Crippen LogP contribution in [-0.2, 0) is 9.59 Å². The molecule has 3 rings (SSSR count). The second-order valence-electron chi connectivity index (χ2n) is 6.55. The number of rotatable bonds is 2. The minimum absolute atomic E-state index is 0.000000000000000444. The molecule has 2 aliphatic rings. The van der Waals surface area contributed by atoms with Gasteiger partial charge >= 0.3 is 11.9 Å². The summed E-state index contributed by atoms with van der Waals surface area (Å²) in [5.41, 5.74) is 4.23. The minimum atomic E-state index is -0.619. The lowest BCUT2D eigenvalue weighted by Gasteiger charge is -2.19. The first-order chi connectivity index (χ1) is 11.2. The van der Waals surface area contributed by atoms with Gasteiger partial charge in [-0.05, 0) is 91.8 Å². The van der Waals surface area contributed by atoms with E-state index in [1.54, 1.807) is 0 Å². The number of halogens is 1. The summed E-state index contributed by atoms with van der Waals surface area (Å²) >= 11 is 2.37. The molecule has 2 fully saturated rings. The molecule has 0 spiro atoms. The SMILES string of the molecule is Cc1ccc(I)c(C)c1C.O=C(O)C1CCC1.O=C(O)C1CCC1. The zero-order valence-corrected chi connectivity index (χ0v) is 16.8. The maximum Gasteiger partial charge on any atom is 0.306 e. The largest absolute Gasteiger partial charge is 0.481 e. The van der Waals surface area contributed by atoms with E-state index < -0.39 is 11.9 Å². The molecule has 1 aromatic carbocycles. The Morgan fingerprint density at radius 2 is 1.29 bits per heavy atom. The van der Waals surface area contributed by atoms with Crippen molar-refractivity contribution in [3.05, 3.63) is 32.4 Å². The van der Waals surface area contributed by atoms with Gasteiger partial charge in [0.1, 0.15) is 0 Å². The molecule has 5 heteroatoms. The molecule has 0 aromatic heterocycles. The summed E-state index contributed by atoms with van der Waals surface area (Å²) in [5, 5.41) is 16.5. The Morgan fingerprint density at radius 1 is 0.875 bits per heavy atom. The van der Waals surface area contributed by atoms with Gasteiger partial charge in [0, 0.05) is 3.57 Å². The van der Waals surface area contributed by atoms with Crippen molar-refractivity contribution in [2.75, 3.05) is 0 Å². The first-order valence-electron chi connectivity index (χ1n) is 8.42. The zero-order chi connectivity index (χ0) is 18.3. The lowest BCUT2D eigenvalue weighted by molar-refractivity contribution is -0.145. The molecule has 0 heterocycles. The molecule has 0 atom stereocenters. The van der Waals surface area contributed by atoms with Crippen LogP contribution >= 0.6 is 22.6 Å². The van der Waals surface area contributed by atoms with Gasteiger partial charge in [0.15, 0.2) is 0 Å². The van der Waals surface area contributed by atoms with E-state index in [-0.39, 0.29) is 11.8 Å². The van der Waals surface area contributed by atoms with Gasteiger partial charge in [0.05, 0.1) is 11.8 Å². The summed E-state index contributed by atoms with van der Waals surface area (Å²) in [6.07, 6.45) is 5.81. The van der Waals surface area contributed by atoms with E-state index in [4.69, 9.17) is 10.2 Å². The van der Waals surface area contributed by atoms with Crippen LogP contribution < -0.4 is 0 Å². The highest BCUT2D eigenvalue weighted by atomic mass is 127. The van der Waals surface area contributed by atoms with Crippen LogP contribution in [0.1, 0.15) is 55.2 Å². The van der Waals surface area contributed by atoms with E-state index in [1.165, 1.54) is 20.3 Å². The summed E-state index contributed by atoms with van der Waals surface area (Å²) in [4.78, 5) is 20.0. The zero-order valence-electron chi connectivity index (χ0n) is 14.6. The van der Waals surface area contributed by atoms with Gasteiger partial charge in [-0.1, -0.05) is 18.9 Å². The second kappa shape index (κ2) is 10.0. The van der Waals surface area contributed by atoms with Crippen molar-refractivity contribution < 1.29 is 19.8 Å². The Hall–Kier alpha value is -1.11. The van der Waals surface area contributed by atoms with Crippen molar-refractivity contribution in [2.24, 2.45) is 11.8 Å². The number of aliphatic carboxylic acids is 2. The van der Waals surface area contributed by atoms with Gasteiger partial charge in [0.25, 0.3) is 0 Å². The number of carbonyl (C=O) groups is 2. The number of hydrogen-bond donors (Lipinski definition) is 2. The number of carboxylic acid groups (broad SMARTS) is 2. The van der Waals surface area contributed by atoms with E-state index in [2.05, 4.69) is 55.5 Å². The molecule has 0 radical (unpaired) electrons. The van der Waals surface area contributed by atoms with Crippen molar-refractivity contribution in [3.63, 3.8) is 0 Å². The summed E-state index contributed by atoms with van der Waals surface area (Å²) in [5.74, 6) is -1.24. The van der Waals surface area contributed by atoms with Crippen LogP contribution in [0.3, 0.4) is 0 Å². The Labute approximate surface area is 157 Å². The fourth-order valence-corrected chi connectivity index (χ4v) is 2.82. The van der Waals surface area contributed by atoms with Crippen LogP contribution in [0.25, 0.3) is 0 Å². The highest BCUT2D eigenvalue weighted by Crippen LogP contribution is 2.26. The second-order valence-corrected chi connectivity index (χ2v) is 7.71. The molecule has 4 nitrogen and oxygen atoms in total. The average molecular weight is 446 g/mol. The molecule has 0 unspecified atom stereocenters. The molecule has 0 aliphatic heterocycles. The van der Waals surface area contributed by atoms with E-state index in [1.807, 2.05) is 0 Å². The summed E-state index contributed by atoms with van der Waals surface area (Å²) in [6, 6.07) is 4.34. The summed E-state index contributed by atoms with van der Waals surface area (Å²) in [6.45, 7) is 6.50. The fourth-order valence-electron chi connectivity index (χ4n) is 2.23. The normalized spacial score (nSPS) is 16.5. The van der Waals surface area contributed by atoms with Gasteiger partial charge in [0.2, 0.25) is 0 Å². The molecule has 2 aliphatic carbocycles. The van der Waals surface area contributed by atoms with Gasteiger partial charge in [-0.2, -0.15) is 0 Å². The third-order valence-electron chi connectivity index (χ3n) is 4.90. The average Bonchev–Trinajstić information content (AvgIpc) is 2.37. The van der Waals surface area contributed by atoms with Gasteiger partial charge in [-0.25, -0.2) is 0 Å². The Kier molecular flexibility index (Phi) is 8.73. The summed E-state index contributed by atoms with van der Waals surface area (Å²) in [7, 11) is 0. The van der Waals surface area contributed by atoms with Gasteiger partial charge in [-0.3, -0.25) is 9.59 Å². The smallest absolute Gasteiger partial charge is 0.306 e. The fraction of sp³-hybridized carbons (Fsp3) is 0.579. The lowest BCUT2D eigenvalue weighted by Crippen LogP contribution is -2.20. The van der Waals surface area contributed by atoms with Crippen LogP contribution in [-0.4, -0.2) is 22.2 Å². The molecule has 0 saturated heterocycles. The molecule has 24 heavy (non-hydrogen) atoms. The first kappa shape index (κ1) is 20.9.